The topological polar surface area (TPSA) is 56.3 Å². The molecule has 2 amide bonds. The Balaban J connectivity index is 1.29. The number of piperazine rings is 1. The molecule has 1 aromatic carbocycles. The standard InChI is InChI=1S/C23H27ClF6N4O3/c1-14(35)32-4-6-33(7-5-32)18-3-2-15(19(24)8-18)9-31-10-16-12-34(13-17(16)11-31)21(36)37-20(22(25,26)27)23(28,29)30/h2-3,8,16-17,20H,4-7,9-13H2,1H3. The van der Waals surface area contributed by atoms with Crippen LogP contribution in [-0.2, 0) is 16.1 Å². The van der Waals surface area contributed by atoms with Crippen LogP contribution in [0.4, 0.5) is 36.8 Å². The molecule has 3 saturated heterocycles. The molecule has 37 heavy (non-hydrogen) atoms. The highest BCUT2D eigenvalue weighted by Crippen LogP contribution is 2.38. The van der Waals surface area contributed by atoms with Gasteiger partial charge in [-0.3, -0.25) is 9.69 Å². The highest BCUT2D eigenvalue weighted by Gasteiger charge is 2.60. The second-order valence-corrected chi connectivity index (χ2v) is 10.1. The van der Waals surface area contributed by atoms with E-state index in [0.717, 1.165) is 16.2 Å². The van der Waals surface area contributed by atoms with E-state index in [1.165, 1.54) is 0 Å². The van der Waals surface area contributed by atoms with Gasteiger partial charge in [-0.1, -0.05) is 17.7 Å². The van der Waals surface area contributed by atoms with E-state index in [4.69, 9.17) is 11.6 Å². The van der Waals surface area contributed by atoms with Crippen LogP contribution < -0.4 is 4.90 Å². The van der Waals surface area contributed by atoms with Crippen molar-refractivity contribution in [2.24, 2.45) is 11.8 Å². The van der Waals surface area contributed by atoms with E-state index in [1.54, 1.807) is 11.8 Å². The Kier molecular flexibility index (Phi) is 7.76. The van der Waals surface area contributed by atoms with Crippen molar-refractivity contribution >= 4 is 29.3 Å². The van der Waals surface area contributed by atoms with Crippen molar-refractivity contribution in [3.8, 4) is 0 Å². The average molecular weight is 557 g/mol. The van der Waals surface area contributed by atoms with Gasteiger partial charge in [-0.15, -0.1) is 0 Å². The van der Waals surface area contributed by atoms with Crippen molar-refractivity contribution in [1.82, 2.24) is 14.7 Å². The monoisotopic (exact) mass is 556 g/mol. The smallest absolute Gasteiger partial charge is 0.426 e. The van der Waals surface area contributed by atoms with Crippen LogP contribution in [-0.4, -0.2) is 97.5 Å². The number of ether oxygens (including phenoxy) is 1. The first-order valence-corrected chi connectivity index (χ1v) is 12.2. The molecule has 2 atom stereocenters. The molecule has 0 aromatic heterocycles. The average Bonchev–Trinajstić information content (AvgIpc) is 3.36. The molecule has 4 rings (SSSR count). The van der Waals surface area contributed by atoms with Gasteiger partial charge in [0.25, 0.3) is 6.10 Å². The predicted octanol–water partition coefficient (Wildman–Crippen LogP) is 4.00. The Bertz CT molecular complexity index is 987. The number of anilines is 1. The van der Waals surface area contributed by atoms with Gasteiger partial charge < -0.3 is 19.4 Å². The summed E-state index contributed by atoms with van der Waals surface area (Å²) in [5.74, 6) is -0.118. The Labute approximate surface area is 214 Å². The molecule has 0 N–H and O–H groups in total. The van der Waals surface area contributed by atoms with Gasteiger partial charge in [-0.2, -0.15) is 26.3 Å². The molecule has 14 heteroatoms. The number of likely N-dealkylation sites (tertiary alicyclic amines) is 2. The van der Waals surface area contributed by atoms with Gasteiger partial charge in [0.15, 0.2) is 0 Å². The lowest BCUT2D eigenvalue weighted by atomic mass is 10.0. The SMILES string of the molecule is CC(=O)N1CCN(c2ccc(CN3CC4CN(C(=O)OC(C(F)(F)F)C(F)(F)F)CC4C3)c(Cl)c2)CC1. The van der Waals surface area contributed by atoms with E-state index < -0.39 is 24.5 Å². The number of benzene rings is 1. The summed E-state index contributed by atoms with van der Waals surface area (Å²) in [5.41, 5.74) is 1.85. The highest BCUT2D eigenvalue weighted by atomic mass is 35.5. The van der Waals surface area contributed by atoms with E-state index in [1.807, 2.05) is 18.2 Å². The molecule has 0 bridgehead atoms. The Hall–Kier alpha value is -2.41. The summed E-state index contributed by atoms with van der Waals surface area (Å²) in [6.07, 6.45) is -17.2. The van der Waals surface area contributed by atoms with Crippen molar-refractivity contribution in [1.29, 1.82) is 0 Å². The lowest BCUT2D eigenvalue weighted by Crippen LogP contribution is -2.48. The Morgan fingerprint density at radius 1 is 0.946 bits per heavy atom. The fourth-order valence-electron chi connectivity index (χ4n) is 5.24. The van der Waals surface area contributed by atoms with Gasteiger partial charge >= 0.3 is 18.4 Å². The third kappa shape index (κ3) is 6.36. The molecule has 0 aliphatic carbocycles. The van der Waals surface area contributed by atoms with Gasteiger partial charge in [0.1, 0.15) is 0 Å². The number of amides is 2. The minimum atomic E-state index is -5.74. The molecule has 3 aliphatic heterocycles. The Morgan fingerprint density at radius 2 is 1.51 bits per heavy atom. The number of carbonyl (C=O) groups excluding carboxylic acids is 2. The fraction of sp³-hybridized carbons (Fsp3) is 0.652. The summed E-state index contributed by atoms with van der Waals surface area (Å²) in [5, 5.41) is 0.583. The van der Waals surface area contributed by atoms with Crippen molar-refractivity contribution in [2.75, 3.05) is 57.3 Å². The molecule has 3 fully saturated rings. The molecule has 206 valence electrons. The van der Waals surface area contributed by atoms with Gasteiger partial charge in [-0.05, 0) is 29.5 Å². The zero-order valence-electron chi connectivity index (χ0n) is 20.0. The van der Waals surface area contributed by atoms with Crippen LogP contribution >= 0.6 is 11.6 Å². The molecule has 0 radical (unpaired) electrons. The minimum Gasteiger partial charge on any atom is -0.426 e. The number of fused-ring (bicyclic) bond motifs is 1. The summed E-state index contributed by atoms with van der Waals surface area (Å²) < 4.78 is 80.1. The van der Waals surface area contributed by atoms with Gasteiger partial charge in [0, 0.05) is 76.5 Å². The number of alkyl halides is 6. The van der Waals surface area contributed by atoms with Crippen molar-refractivity contribution in [2.45, 2.75) is 31.9 Å². The number of nitrogens with zero attached hydrogens (tertiary/aromatic N) is 4. The van der Waals surface area contributed by atoms with Crippen molar-refractivity contribution < 1.29 is 40.7 Å². The molecule has 3 aliphatic rings. The highest BCUT2D eigenvalue weighted by molar-refractivity contribution is 6.31. The van der Waals surface area contributed by atoms with Crippen LogP contribution in [0.3, 0.4) is 0 Å². The van der Waals surface area contributed by atoms with Crippen LogP contribution in [0, 0.1) is 11.8 Å². The van der Waals surface area contributed by atoms with Crippen LogP contribution in [0.5, 0.6) is 0 Å². The van der Waals surface area contributed by atoms with E-state index in [9.17, 15) is 35.9 Å². The normalized spacial score (nSPS) is 23.1. The van der Waals surface area contributed by atoms with Gasteiger partial charge in [-0.25, -0.2) is 4.79 Å². The van der Waals surface area contributed by atoms with E-state index in [2.05, 4.69) is 14.5 Å². The first-order valence-electron chi connectivity index (χ1n) is 11.8. The molecule has 1 aromatic rings. The summed E-state index contributed by atoms with van der Waals surface area (Å²) in [6, 6.07) is 5.78. The van der Waals surface area contributed by atoms with Crippen LogP contribution in [0.25, 0.3) is 0 Å². The fourth-order valence-corrected chi connectivity index (χ4v) is 5.48. The van der Waals surface area contributed by atoms with E-state index >= 15 is 0 Å². The maximum atomic E-state index is 12.7. The largest absolute Gasteiger partial charge is 0.434 e. The van der Waals surface area contributed by atoms with Crippen LogP contribution in [0.2, 0.25) is 5.02 Å². The lowest BCUT2D eigenvalue weighted by molar-refractivity contribution is -0.308. The quantitative estimate of drug-likeness (QED) is 0.525. The van der Waals surface area contributed by atoms with Gasteiger partial charge in [0.05, 0.1) is 0 Å². The number of halogens is 7. The summed E-state index contributed by atoms with van der Waals surface area (Å²) in [7, 11) is 0. The molecule has 2 unspecified atom stereocenters. The zero-order valence-corrected chi connectivity index (χ0v) is 20.7. The molecule has 3 heterocycles. The van der Waals surface area contributed by atoms with Crippen LogP contribution in [0.15, 0.2) is 18.2 Å². The number of hydrogen-bond acceptors (Lipinski definition) is 5. The van der Waals surface area contributed by atoms with E-state index in [-0.39, 0.29) is 30.8 Å². The summed E-state index contributed by atoms with van der Waals surface area (Å²) in [6.45, 7) is 5.89. The Morgan fingerprint density at radius 3 is 2.00 bits per heavy atom. The third-order valence-electron chi connectivity index (χ3n) is 7.15. The lowest BCUT2D eigenvalue weighted by Gasteiger charge is -2.35. The zero-order chi connectivity index (χ0) is 27.1. The molecule has 0 saturated carbocycles. The molecular weight excluding hydrogens is 530 g/mol. The number of carbonyl (C=O) groups is 2. The number of hydrogen-bond donors (Lipinski definition) is 0. The first-order chi connectivity index (χ1) is 17.2. The molecular formula is C23H27ClF6N4O3. The third-order valence-corrected chi connectivity index (χ3v) is 7.51. The van der Waals surface area contributed by atoms with E-state index in [0.29, 0.717) is 50.8 Å². The molecule has 0 spiro atoms. The van der Waals surface area contributed by atoms with Crippen LogP contribution in [0.1, 0.15) is 12.5 Å². The summed E-state index contributed by atoms with van der Waals surface area (Å²) in [4.78, 5) is 30.6. The van der Waals surface area contributed by atoms with Gasteiger partial charge in [0.2, 0.25) is 5.91 Å². The predicted molar refractivity (Wildman–Crippen MR) is 122 cm³/mol. The maximum Gasteiger partial charge on any atom is 0.434 e. The maximum absolute atomic E-state index is 12.7. The second-order valence-electron chi connectivity index (χ2n) is 9.74. The number of rotatable bonds is 4. The molecule has 7 nitrogen and oxygen atoms in total. The minimum absolute atomic E-state index is 0.0291. The first kappa shape index (κ1) is 27.6. The summed E-state index contributed by atoms with van der Waals surface area (Å²) >= 11 is 6.54. The second kappa shape index (κ2) is 10.4. The van der Waals surface area contributed by atoms with Crippen molar-refractivity contribution in [3.63, 3.8) is 0 Å². The van der Waals surface area contributed by atoms with Crippen molar-refractivity contribution in [3.05, 3.63) is 28.8 Å².